The second kappa shape index (κ2) is 9.63. The maximum Gasteiger partial charge on any atom is 0.410 e. The van der Waals surface area contributed by atoms with Gasteiger partial charge in [-0.2, -0.15) is 0 Å². The number of benzene rings is 2. The van der Waals surface area contributed by atoms with Crippen molar-refractivity contribution in [3.05, 3.63) is 72.8 Å². The summed E-state index contributed by atoms with van der Waals surface area (Å²) in [4.78, 5) is 14.7. The van der Waals surface area contributed by atoms with Crippen molar-refractivity contribution in [2.75, 3.05) is 13.2 Å². The van der Waals surface area contributed by atoms with Gasteiger partial charge in [0.25, 0.3) is 8.32 Å². The molecule has 1 atom stereocenters. The summed E-state index contributed by atoms with van der Waals surface area (Å²) in [7, 11) is -2.65. The Hall–Kier alpha value is -2.37. The first-order valence-corrected chi connectivity index (χ1v) is 13.3. The van der Waals surface area contributed by atoms with Crippen molar-refractivity contribution in [2.45, 2.75) is 64.6 Å². The molecule has 1 amide bonds. The third kappa shape index (κ3) is 5.33. The zero-order valence-corrected chi connectivity index (χ0v) is 21.3. The van der Waals surface area contributed by atoms with Gasteiger partial charge in [0.15, 0.2) is 0 Å². The van der Waals surface area contributed by atoms with Crippen molar-refractivity contribution < 1.29 is 14.0 Å². The van der Waals surface area contributed by atoms with Gasteiger partial charge in [-0.25, -0.2) is 4.79 Å². The Morgan fingerprint density at radius 1 is 0.906 bits per heavy atom. The lowest BCUT2D eigenvalue weighted by molar-refractivity contribution is 0.0124. The third-order valence-corrected chi connectivity index (χ3v) is 10.9. The molecular formula is C27H37NO3Si. The average Bonchev–Trinajstić information content (AvgIpc) is 2.74. The highest BCUT2D eigenvalue weighted by Gasteiger charge is 2.50. The lowest BCUT2D eigenvalue weighted by Crippen LogP contribution is -2.67. The minimum atomic E-state index is -2.65. The molecule has 172 valence electrons. The Bertz CT molecular complexity index is 874. The minimum Gasteiger partial charge on any atom is -0.444 e. The van der Waals surface area contributed by atoms with Crippen molar-refractivity contribution in [2.24, 2.45) is 0 Å². The van der Waals surface area contributed by atoms with E-state index in [-0.39, 0.29) is 17.2 Å². The molecule has 0 saturated heterocycles. The molecule has 4 nitrogen and oxygen atoms in total. The van der Waals surface area contributed by atoms with Gasteiger partial charge in [-0.3, -0.25) is 4.90 Å². The molecule has 2 aromatic carbocycles. The SMILES string of the molecule is CC(C)(C)OC(=O)N1CC=CCC1CO[Si](c1ccccc1)(c1ccccc1)C(C)(C)C. The standard InChI is InChI=1S/C27H37NO3Si/c1-26(2,3)31-25(29)28-20-14-13-15-22(28)21-30-32(27(4,5)6,23-16-9-7-10-17-23)24-18-11-8-12-19-24/h7-14,16-19,22H,15,20-21H2,1-6H3. The van der Waals surface area contributed by atoms with Crippen LogP contribution < -0.4 is 10.4 Å². The molecule has 5 heteroatoms. The molecule has 0 N–H and O–H groups in total. The molecule has 1 heterocycles. The molecule has 1 aliphatic heterocycles. The van der Waals surface area contributed by atoms with Crippen LogP contribution in [0.4, 0.5) is 4.79 Å². The molecular weight excluding hydrogens is 414 g/mol. The van der Waals surface area contributed by atoms with Gasteiger partial charge in [0.2, 0.25) is 0 Å². The van der Waals surface area contributed by atoms with Gasteiger partial charge in [0.05, 0.1) is 12.6 Å². The molecule has 0 aromatic heterocycles. The first kappa shape index (κ1) is 24.3. The predicted molar refractivity (Wildman–Crippen MR) is 134 cm³/mol. The molecule has 1 unspecified atom stereocenters. The summed E-state index contributed by atoms with van der Waals surface area (Å²) in [5.41, 5.74) is -0.526. The van der Waals surface area contributed by atoms with Crippen LogP contribution in [0.5, 0.6) is 0 Å². The Morgan fingerprint density at radius 3 is 1.91 bits per heavy atom. The van der Waals surface area contributed by atoms with E-state index >= 15 is 0 Å². The normalized spacial score (nSPS) is 17.3. The fourth-order valence-corrected chi connectivity index (χ4v) is 9.00. The third-order valence-electron chi connectivity index (χ3n) is 5.85. The first-order valence-electron chi connectivity index (χ1n) is 11.4. The van der Waals surface area contributed by atoms with Gasteiger partial charge in [0.1, 0.15) is 5.60 Å². The summed E-state index contributed by atoms with van der Waals surface area (Å²) >= 11 is 0. The van der Waals surface area contributed by atoms with Crippen LogP contribution in [-0.2, 0) is 9.16 Å². The van der Waals surface area contributed by atoms with Gasteiger partial charge in [-0.05, 0) is 42.6 Å². The lowest BCUT2D eigenvalue weighted by Gasteiger charge is -2.44. The topological polar surface area (TPSA) is 38.8 Å². The van der Waals surface area contributed by atoms with Crippen LogP contribution >= 0.6 is 0 Å². The van der Waals surface area contributed by atoms with Crippen LogP contribution in [0.15, 0.2) is 72.8 Å². The average molecular weight is 452 g/mol. The van der Waals surface area contributed by atoms with Crippen LogP contribution in [0, 0.1) is 0 Å². The molecule has 0 saturated carbocycles. The summed E-state index contributed by atoms with van der Waals surface area (Å²) in [6.07, 6.45) is 4.65. The summed E-state index contributed by atoms with van der Waals surface area (Å²) < 4.78 is 12.8. The van der Waals surface area contributed by atoms with Crippen molar-refractivity contribution in [1.29, 1.82) is 0 Å². The summed E-state index contributed by atoms with van der Waals surface area (Å²) in [5.74, 6) is 0. The number of ether oxygens (including phenoxy) is 1. The molecule has 0 radical (unpaired) electrons. The fourth-order valence-electron chi connectivity index (χ4n) is 4.40. The Balaban J connectivity index is 1.97. The number of amides is 1. The largest absolute Gasteiger partial charge is 0.444 e. The zero-order chi connectivity index (χ0) is 23.4. The van der Waals surface area contributed by atoms with Crippen LogP contribution in [0.3, 0.4) is 0 Å². The first-order chi connectivity index (χ1) is 15.0. The van der Waals surface area contributed by atoms with Gasteiger partial charge in [0, 0.05) is 6.54 Å². The maximum atomic E-state index is 12.9. The fraction of sp³-hybridized carbons (Fsp3) is 0.444. The quantitative estimate of drug-likeness (QED) is 0.467. The monoisotopic (exact) mass is 451 g/mol. The van der Waals surface area contributed by atoms with Gasteiger partial charge in [-0.1, -0.05) is 93.6 Å². The number of hydrogen-bond acceptors (Lipinski definition) is 3. The van der Waals surface area contributed by atoms with Gasteiger partial charge in [-0.15, -0.1) is 0 Å². The Kier molecular flexibility index (Phi) is 7.31. The number of carbonyl (C=O) groups is 1. The molecule has 0 bridgehead atoms. The summed E-state index contributed by atoms with van der Waals surface area (Å²) in [5, 5.41) is 2.39. The van der Waals surface area contributed by atoms with E-state index in [0.717, 1.165) is 6.42 Å². The Morgan fingerprint density at radius 2 is 1.44 bits per heavy atom. The van der Waals surface area contributed by atoms with E-state index in [1.807, 2.05) is 43.9 Å². The predicted octanol–water partition coefficient (Wildman–Crippen LogP) is 5.13. The van der Waals surface area contributed by atoms with Crippen LogP contribution in [0.25, 0.3) is 0 Å². The van der Waals surface area contributed by atoms with E-state index in [1.165, 1.54) is 10.4 Å². The Labute approximate surface area is 194 Å². The van der Waals surface area contributed by atoms with Gasteiger partial charge < -0.3 is 9.16 Å². The van der Waals surface area contributed by atoms with Crippen molar-refractivity contribution in [3.63, 3.8) is 0 Å². The molecule has 3 rings (SSSR count). The van der Waals surface area contributed by atoms with Crippen LogP contribution in [-0.4, -0.2) is 44.1 Å². The maximum absolute atomic E-state index is 12.9. The van der Waals surface area contributed by atoms with Crippen molar-refractivity contribution >= 4 is 24.8 Å². The molecule has 2 aromatic rings. The number of rotatable bonds is 5. The molecule has 0 spiro atoms. The molecule has 1 aliphatic rings. The number of hydrogen-bond donors (Lipinski definition) is 0. The smallest absolute Gasteiger partial charge is 0.410 e. The van der Waals surface area contributed by atoms with E-state index in [0.29, 0.717) is 13.2 Å². The number of carbonyl (C=O) groups excluding carboxylic acids is 1. The summed E-state index contributed by atoms with van der Waals surface area (Å²) in [6, 6.07) is 21.2. The van der Waals surface area contributed by atoms with E-state index < -0.39 is 13.9 Å². The highest BCUT2D eigenvalue weighted by molar-refractivity contribution is 6.99. The molecule has 0 aliphatic carbocycles. The van der Waals surface area contributed by atoms with E-state index in [9.17, 15) is 4.79 Å². The minimum absolute atomic E-state index is 0.0588. The van der Waals surface area contributed by atoms with E-state index in [4.69, 9.17) is 9.16 Å². The van der Waals surface area contributed by atoms with E-state index in [1.54, 1.807) is 0 Å². The van der Waals surface area contributed by atoms with Crippen LogP contribution in [0.2, 0.25) is 5.04 Å². The highest BCUT2D eigenvalue weighted by Crippen LogP contribution is 2.37. The van der Waals surface area contributed by atoms with Crippen molar-refractivity contribution in [1.82, 2.24) is 4.90 Å². The zero-order valence-electron chi connectivity index (χ0n) is 20.3. The second-order valence-electron chi connectivity index (χ2n) is 10.5. The van der Waals surface area contributed by atoms with E-state index in [2.05, 4.69) is 75.4 Å². The molecule has 32 heavy (non-hydrogen) atoms. The molecule has 0 fully saturated rings. The second-order valence-corrected chi connectivity index (χ2v) is 14.8. The van der Waals surface area contributed by atoms with Gasteiger partial charge >= 0.3 is 6.09 Å². The van der Waals surface area contributed by atoms with Crippen LogP contribution in [0.1, 0.15) is 48.0 Å². The highest BCUT2D eigenvalue weighted by atomic mass is 28.4. The summed E-state index contributed by atoms with van der Waals surface area (Å²) in [6.45, 7) is 13.5. The van der Waals surface area contributed by atoms with Crippen molar-refractivity contribution in [3.8, 4) is 0 Å². The lowest BCUT2D eigenvalue weighted by atomic mass is 10.1. The number of nitrogens with zero attached hydrogens (tertiary/aromatic N) is 1.